The highest BCUT2D eigenvalue weighted by atomic mass is 19.1. The number of benzene rings is 1. The number of halogens is 1. The molecule has 0 aliphatic heterocycles. The van der Waals surface area contributed by atoms with Crippen molar-refractivity contribution in [1.82, 2.24) is 9.88 Å². The number of hydrogen-bond donors (Lipinski definition) is 1. The number of likely N-dealkylation sites (N-methyl/N-ethyl adjacent to an activating group) is 1. The van der Waals surface area contributed by atoms with E-state index in [2.05, 4.69) is 23.7 Å². The average Bonchev–Trinajstić information content (AvgIpc) is 2.75. The lowest BCUT2D eigenvalue weighted by Crippen LogP contribution is -2.25. The largest absolute Gasteiger partial charge is 0.361 e. The molecule has 17 heavy (non-hydrogen) atoms. The van der Waals surface area contributed by atoms with Crippen LogP contribution in [-0.2, 0) is 6.42 Å². The molecule has 2 nitrogen and oxygen atoms in total. The van der Waals surface area contributed by atoms with E-state index in [4.69, 9.17) is 0 Å². The molecule has 0 amide bonds. The van der Waals surface area contributed by atoms with Crippen molar-refractivity contribution in [2.75, 3.05) is 19.6 Å². The minimum Gasteiger partial charge on any atom is -0.361 e. The quantitative estimate of drug-likeness (QED) is 0.841. The molecular formula is C14H19FN2. The van der Waals surface area contributed by atoms with E-state index < -0.39 is 0 Å². The van der Waals surface area contributed by atoms with Crippen LogP contribution in [0.25, 0.3) is 10.9 Å². The first-order chi connectivity index (χ1) is 8.26. The summed E-state index contributed by atoms with van der Waals surface area (Å²) in [5.41, 5.74) is 1.96. The molecule has 0 aliphatic rings. The average molecular weight is 234 g/mol. The summed E-state index contributed by atoms with van der Waals surface area (Å²) in [4.78, 5) is 5.48. The van der Waals surface area contributed by atoms with Crippen molar-refractivity contribution in [3.05, 3.63) is 35.8 Å². The van der Waals surface area contributed by atoms with Gasteiger partial charge in [-0.2, -0.15) is 0 Å². The van der Waals surface area contributed by atoms with Crippen molar-refractivity contribution in [3.8, 4) is 0 Å². The van der Waals surface area contributed by atoms with Gasteiger partial charge in [-0.05, 0) is 37.2 Å². The maximum Gasteiger partial charge on any atom is 0.132 e. The molecule has 0 atom stereocenters. The van der Waals surface area contributed by atoms with Crippen LogP contribution in [0.15, 0.2) is 24.4 Å². The SMILES string of the molecule is CCN(CC)CCc1c[nH]c2cccc(F)c12. The van der Waals surface area contributed by atoms with Crippen LogP contribution >= 0.6 is 0 Å². The smallest absolute Gasteiger partial charge is 0.132 e. The number of H-pyrrole nitrogens is 1. The van der Waals surface area contributed by atoms with E-state index in [9.17, 15) is 4.39 Å². The van der Waals surface area contributed by atoms with Gasteiger partial charge >= 0.3 is 0 Å². The fourth-order valence-electron chi connectivity index (χ4n) is 2.22. The van der Waals surface area contributed by atoms with E-state index in [-0.39, 0.29) is 5.82 Å². The van der Waals surface area contributed by atoms with Crippen LogP contribution in [0.1, 0.15) is 19.4 Å². The first kappa shape index (κ1) is 12.1. The third-order valence-corrected chi connectivity index (χ3v) is 3.33. The standard InChI is InChI=1S/C14H19FN2/c1-3-17(4-2)9-8-11-10-16-13-7-5-6-12(15)14(11)13/h5-7,10,16H,3-4,8-9H2,1-2H3. The summed E-state index contributed by atoms with van der Waals surface area (Å²) in [6, 6.07) is 5.18. The van der Waals surface area contributed by atoms with Crippen LogP contribution in [0.5, 0.6) is 0 Å². The van der Waals surface area contributed by atoms with Gasteiger partial charge < -0.3 is 9.88 Å². The van der Waals surface area contributed by atoms with E-state index in [1.165, 1.54) is 6.07 Å². The Labute approximate surface area is 101 Å². The lowest BCUT2D eigenvalue weighted by atomic mass is 10.1. The monoisotopic (exact) mass is 234 g/mol. The Hall–Kier alpha value is -1.35. The molecule has 2 rings (SSSR count). The molecule has 0 saturated carbocycles. The van der Waals surface area contributed by atoms with Crippen LogP contribution in [-0.4, -0.2) is 29.5 Å². The van der Waals surface area contributed by atoms with E-state index in [1.807, 2.05) is 12.3 Å². The molecule has 3 heteroatoms. The van der Waals surface area contributed by atoms with E-state index in [0.29, 0.717) is 0 Å². The minimum absolute atomic E-state index is 0.127. The molecule has 0 unspecified atom stereocenters. The molecule has 0 spiro atoms. The molecule has 0 bridgehead atoms. The molecule has 1 aromatic carbocycles. The van der Waals surface area contributed by atoms with Gasteiger partial charge in [0.05, 0.1) is 0 Å². The third kappa shape index (κ3) is 2.50. The maximum atomic E-state index is 13.7. The molecule has 2 aromatic rings. The van der Waals surface area contributed by atoms with Crippen LogP contribution in [0.2, 0.25) is 0 Å². The molecule has 0 saturated heterocycles. The van der Waals surface area contributed by atoms with E-state index in [0.717, 1.165) is 42.5 Å². The van der Waals surface area contributed by atoms with Gasteiger partial charge in [0.15, 0.2) is 0 Å². The first-order valence-corrected chi connectivity index (χ1v) is 6.23. The highest BCUT2D eigenvalue weighted by molar-refractivity contribution is 5.83. The van der Waals surface area contributed by atoms with Crippen molar-refractivity contribution in [3.63, 3.8) is 0 Å². The zero-order chi connectivity index (χ0) is 12.3. The number of hydrogen-bond acceptors (Lipinski definition) is 1. The number of fused-ring (bicyclic) bond motifs is 1. The Bertz CT molecular complexity index is 486. The van der Waals surface area contributed by atoms with Gasteiger partial charge in [-0.25, -0.2) is 4.39 Å². The Kier molecular flexibility index (Phi) is 3.79. The maximum absolute atomic E-state index is 13.7. The number of aromatic amines is 1. The molecule has 1 heterocycles. The van der Waals surface area contributed by atoms with Crippen molar-refractivity contribution in [2.45, 2.75) is 20.3 Å². The van der Waals surface area contributed by atoms with Gasteiger partial charge in [0.1, 0.15) is 5.82 Å². The number of nitrogens with zero attached hydrogens (tertiary/aromatic N) is 1. The zero-order valence-corrected chi connectivity index (χ0v) is 10.5. The predicted molar refractivity (Wildman–Crippen MR) is 69.7 cm³/mol. The van der Waals surface area contributed by atoms with Gasteiger partial charge in [0.2, 0.25) is 0 Å². The second-order valence-corrected chi connectivity index (χ2v) is 4.25. The van der Waals surface area contributed by atoms with Crippen molar-refractivity contribution < 1.29 is 4.39 Å². The summed E-state index contributed by atoms with van der Waals surface area (Å²) in [5, 5.41) is 0.750. The summed E-state index contributed by atoms with van der Waals surface area (Å²) in [6.07, 6.45) is 2.82. The third-order valence-electron chi connectivity index (χ3n) is 3.33. The summed E-state index contributed by atoms with van der Waals surface area (Å²) in [7, 11) is 0. The number of rotatable bonds is 5. The topological polar surface area (TPSA) is 19.0 Å². The number of aromatic nitrogens is 1. The summed E-state index contributed by atoms with van der Waals surface area (Å²) >= 11 is 0. The van der Waals surface area contributed by atoms with Crippen molar-refractivity contribution in [2.24, 2.45) is 0 Å². The molecule has 1 N–H and O–H groups in total. The highest BCUT2D eigenvalue weighted by Crippen LogP contribution is 2.21. The van der Waals surface area contributed by atoms with Gasteiger partial charge in [-0.15, -0.1) is 0 Å². The van der Waals surface area contributed by atoms with E-state index in [1.54, 1.807) is 6.07 Å². The van der Waals surface area contributed by atoms with Crippen LogP contribution < -0.4 is 0 Å². The van der Waals surface area contributed by atoms with Crippen molar-refractivity contribution >= 4 is 10.9 Å². The lowest BCUT2D eigenvalue weighted by molar-refractivity contribution is 0.308. The molecule has 0 radical (unpaired) electrons. The zero-order valence-electron chi connectivity index (χ0n) is 10.5. The molecule has 1 aromatic heterocycles. The van der Waals surface area contributed by atoms with E-state index >= 15 is 0 Å². The van der Waals surface area contributed by atoms with Crippen LogP contribution in [0.3, 0.4) is 0 Å². The van der Waals surface area contributed by atoms with Gasteiger partial charge in [-0.1, -0.05) is 19.9 Å². The highest BCUT2D eigenvalue weighted by Gasteiger charge is 2.09. The van der Waals surface area contributed by atoms with Crippen LogP contribution in [0, 0.1) is 5.82 Å². The summed E-state index contributed by atoms with van der Waals surface area (Å²) in [6.45, 7) is 7.37. The second-order valence-electron chi connectivity index (χ2n) is 4.25. The Morgan fingerprint density at radius 1 is 1.24 bits per heavy atom. The van der Waals surface area contributed by atoms with Crippen molar-refractivity contribution in [1.29, 1.82) is 0 Å². The minimum atomic E-state index is -0.127. The second kappa shape index (κ2) is 5.32. The lowest BCUT2D eigenvalue weighted by Gasteiger charge is -2.17. The normalized spacial score (nSPS) is 11.5. The fraction of sp³-hybridized carbons (Fsp3) is 0.429. The summed E-state index contributed by atoms with van der Waals surface area (Å²) < 4.78 is 13.7. The molecule has 0 aliphatic carbocycles. The summed E-state index contributed by atoms with van der Waals surface area (Å²) in [5.74, 6) is -0.127. The molecule has 92 valence electrons. The fourth-order valence-corrected chi connectivity index (χ4v) is 2.22. The Morgan fingerprint density at radius 3 is 2.71 bits per heavy atom. The Balaban J connectivity index is 2.19. The molecule has 0 fully saturated rings. The molecular weight excluding hydrogens is 215 g/mol. The van der Waals surface area contributed by atoms with Gasteiger partial charge in [0.25, 0.3) is 0 Å². The predicted octanol–water partition coefficient (Wildman–Crippen LogP) is 3.19. The number of nitrogens with one attached hydrogen (secondary N) is 1. The van der Waals surface area contributed by atoms with Crippen LogP contribution in [0.4, 0.5) is 4.39 Å². The van der Waals surface area contributed by atoms with Gasteiger partial charge in [0, 0.05) is 23.6 Å². The van der Waals surface area contributed by atoms with Gasteiger partial charge in [-0.3, -0.25) is 0 Å². The first-order valence-electron chi connectivity index (χ1n) is 6.23. The Morgan fingerprint density at radius 2 is 2.00 bits per heavy atom.